The number of nitrogens with zero attached hydrogens (tertiary/aromatic N) is 1. The summed E-state index contributed by atoms with van der Waals surface area (Å²) in [6, 6.07) is 6.27. The lowest BCUT2D eigenvalue weighted by atomic mass is 9.77. The van der Waals surface area contributed by atoms with Crippen LogP contribution in [0.5, 0.6) is 0 Å². The van der Waals surface area contributed by atoms with Gasteiger partial charge in [-0.3, -0.25) is 9.69 Å². The molecule has 188 valence electrons. The maximum absolute atomic E-state index is 13.5. The molecule has 0 bridgehead atoms. The smallest absolute Gasteiger partial charge is 0.322 e. The first kappa shape index (κ1) is 26.3. The van der Waals surface area contributed by atoms with Crippen molar-refractivity contribution in [3.63, 3.8) is 0 Å². The summed E-state index contributed by atoms with van der Waals surface area (Å²) >= 11 is 0. The highest BCUT2D eigenvalue weighted by molar-refractivity contribution is 5.81. The fraction of sp³-hybridized carbons (Fsp3) is 0.643. The minimum atomic E-state index is -0.603. The van der Waals surface area contributed by atoms with Crippen LogP contribution in [0.15, 0.2) is 30.0 Å². The van der Waals surface area contributed by atoms with E-state index in [1.54, 1.807) is 4.90 Å². The van der Waals surface area contributed by atoms with Crippen LogP contribution >= 0.6 is 0 Å². The average Bonchev–Trinajstić information content (AvgIpc) is 3.27. The summed E-state index contributed by atoms with van der Waals surface area (Å²) in [5, 5.41) is 6.58. The van der Waals surface area contributed by atoms with Gasteiger partial charge >= 0.3 is 12.0 Å². The van der Waals surface area contributed by atoms with Crippen molar-refractivity contribution in [2.24, 2.45) is 17.8 Å². The number of benzene rings is 1. The molecule has 3 rings (SSSR count). The number of carbonyl (C=O) groups is 2. The number of urea groups is 1. The lowest BCUT2D eigenvalue weighted by Crippen LogP contribution is -2.58. The Morgan fingerprint density at radius 3 is 2.53 bits per heavy atom. The van der Waals surface area contributed by atoms with Gasteiger partial charge in [0.05, 0.1) is 24.1 Å². The standard InChI is InChI=1S/C28H43N3O3/c1-8-20-14-22(13-12-21(20)11-10-18(3)4)28(7)24(19(5)6)17-31(27(33)30-28)25-16-29-15-23(25)26(32)34-9-2/h12-14,17-19,23,25,29H,8-11,15-16H2,1-7H3,(H,30,33)/t23?,25?,28-/m0/s1. The van der Waals surface area contributed by atoms with Crippen LogP contribution in [0.3, 0.4) is 0 Å². The molecule has 0 saturated carbocycles. The van der Waals surface area contributed by atoms with Crippen molar-refractivity contribution in [2.45, 2.75) is 79.3 Å². The van der Waals surface area contributed by atoms with Crippen LogP contribution < -0.4 is 10.6 Å². The third kappa shape index (κ3) is 5.32. The second-order valence-electron chi connectivity index (χ2n) is 10.6. The molecule has 2 aliphatic rings. The SMILES string of the molecule is CCOC(=O)C1CNCC1N1C=C(C(C)C)[C@](C)(c2ccc(CCC(C)C)c(CC)c2)NC1=O. The van der Waals surface area contributed by atoms with E-state index in [1.807, 2.05) is 13.1 Å². The van der Waals surface area contributed by atoms with Gasteiger partial charge in [0.2, 0.25) is 0 Å². The molecule has 2 N–H and O–H groups in total. The van der Waals surface area contributed by atoms with Gasteiger partial charge in [-0.2, -0.15) is 0 Å². The maximum atomic E-state index is 13.5. The molecule has 3 atom stereocenters. The summed E-state index contributed by atoms with van der Waals surface area (Å²) in [4.78, 5) is 27.7. The third-order valence-corrected chi connectivity index (χ3v) is 7.35. The summed E-state index contributed by atoms with van der Waals surface area (Å²) in [5.41, 5.74) is 4.39. The van der Waals surface area contributed by atoms with Gasteiger partial charge in [-0.05, 0) is 67.2 Å². The van der Waals surface area contributed by atoms with Gasteiger partial charge in [0, 0.05) is 19.3 Å². The lowest BCUT2D eigenvalue weighted by molar-refractivity contribution is -0.148. The van der Waals surface area contributed by atoms with Crippen LogP contribution in [0.1, 0.15) is 71.6 Å². The summed E-state index contributed by atoms with van der Waals surface area (Å²) < 4.78 is 5.28. The molecule has 0 aliphatic carbocycles. The van der Waals surface area contributed by atoms with Gasteiger partial charge in [0.1, 0.15) is 0 Å². The predicted octanol–water partition coefficient (Wildman–Crippen LogP) is 4.77. The molecule has 1 aromatic rings. The van der Waals surface area contributed by atoms with Gasteiger partial charge in [0.25, 0.3) is 0 Å². The normalized spacial score (nSPS) is 25.0. The Hall–Kier alpha value is -2.34. The van der Waals surface area contributed by atoms with E-state index in [0.717, 1.165) is 24.0 Å². The zero-order valence-electron chi connectivity index (χ0n) is 22.0. The minimum absolute atomic E-state index is 0.170. The Morgan fingerprint density at radius 2 is 1.91 bits per heavy atom. The quantitative estimate of drug-likeness (QED) is 0.511. The minimum Gasteiger partial charge on any atom is -0.466 e. The Morgan fingerprint density at radius 1 is 1.18 bits per heavy atom. The maximum Gasteiger partial charge on any atom is 0.322 e. The number of nitrogens with one attached hydrogen (secondary N) is 2. The van der Waals surface area contributed by atoms with Crippen molar-refractivity contribution in [3.05, 3.63) is 46.7 Å². The van der Waals surface area contributed by atoms with Crippen LogP contribution in [-0.4, -0.2) is 42.6 Å². The molecule has 6 heteroatoms. The summed E-state index contributed by atoms with van der Waals surface area (Å²) in [6.07, 6.45) is 5.21. The number of hydrogen-bond acceptors (Lipinski definition) is 4. The van der Waals surface area contributed by atoms with Crippen molar-refractivity contribution < 1.29 is 14.3 Å². The van der Waals surface area contributed by atoms with Gasteiger partial charge in [-0.25, -0.2) is 4.79 Å². The first-order valence-corrected chi connectivity index (χ1v) is 12.9. The molecular formula is C28H43N3O3. The Bertz CT molecular complexity index is 923. The largest absolute Gasteiger partial charge is 0.466 e. The second kappa shape index (κ2) is 10.9. The van der Waals surface area contributed by atoms with E-state index in [2.05, 4.69) is 70.4 Å². The highest BCUT2D eigenvalue weighted by Crippen LogP contribution is 2.39. The molecule has 0 aromatic heterocycles. The molecule has 6 nitrogen and oxygen atoms in total. The third-order valence-electron chi connectivity index (χ3n) is 7.35. The number of carbonyl (C=O) groups excluding carboxylic acids is 2. The molecular weight excluding hydrogens is 426 g/mol. The summed E-state index contributed by atoms with van der Waals surface area (Å²) in [5.74, 6) is 0.271. The Balaban J connectivity index is 1.97. The van der Waals surface area contributed by atoms with Crippen LogP contribution in [-0.2, 0) is 27.9 Å². The van der Waals surface area contributed by atoms with Crippen molar-refractivity contribution >= 4 is 12.0 Å². The monoisotopic (exact) mass is 469 g/mol. The number of hydrogen-bond donors (Lipinski definition) is 2. The van der Waals surface area contributed by atoms with E-state index in [4.69, 9.17) is 4.74 Å². The second-order valence-corrected chi connectivity index (χ2v) is 10.6. The first-order valence-electron chi connectivity index (χ1n) is 12.9. The van der Waals surface area contributed by atoms with Gasteiger partial charge < -0.3 is 15.4 Å². The fourth-order valence-corrected chi connectivity index (χ4v) is 5.30. The average molecular weight is 470 g/mol. The molecule has 34 heavy (non-hydrogen) atoms. The number of esters is 1. The highest BCUT2D eigenvalue weighted by Gasteiger charge is 2.45. The van der Waals surface area contributed by atoms with E-state index in [0.29, 0.717) is 25.6 Å². The van der Waals surface area contributed by atoms with E-state index in [-0.39, 0.29) is 29.9 Å². The number of ether oxygens (including phenoxy) is 1. The Labute approximate surface area is 205 Å². The van der Waals surface area contributed by atoms with Crippen molar-refractivity contribution in [2.75, 3.05) is 19.7 Å². The van der Waals surface area contributed by atoms with Crippen LogP contribution in [0.2, 0.25) is 0 Å². The van der Waals surface area contributed by atoms with Gasteiger partial charge in [0.15, 0.2) is 0 Å². The number of amides is 2. The van der Waals surface area contributed by atoms with Crippen molar-refractivity contribution in [1.29, 1.82) is 0 Å². The molecule has 0 radical (unpaired) electrons. The number of aryl methyl sites for hydroxylation is 2. The van der Waals surface area contributed by atoms with E-state index in [1.165, 1.54) is 17.5 Å². The molecule has 1 saturated heterocycles. The van der Waals surface area contributed by atoms with Gasteiger partial charge in [-0.15, -0.1) is 0 Å². The molecule has 2 aliphatic heterocycles. The van der Waals surface area contributed by atoms with Crippen LogP contribution in [0.4, 0.5) is 4.79 Å². The molecule has 2 unspecified atom stereocenters. The highest BCUT2D eigenvalue weighted by atomic mass is 16.5. The topological polar surface area (TPSA) is 70.7 Å². The number of rotatable bonds is 9. The summed E-state index contributed by atoms with van der Waals surface area (Å²) in [7, 11) is 0. The lowest BCUT2D eigenvalue weighted by Gasteiger charge is -2.44. The van der Waals surface area contributed by atoms with Gasteiger partial charge in [-0.1, -0.05) is 52.8 Å². The van der Waals surface area contributed by atoms with Crippen molar-refractivity contribution in [3.8, 4) is 0 Å². The molecule has 1 aromatic carbocycles. The van der Waals surface area contributed by atoms with E-state index < -0.39 is 5.54 Å². The summed E-state index contributed by atoms with van der Waals surface area (Å²) in [6.45, 7) is 16.4. The fourth-order valence-electron chi connectivity index (χ4n) is 5.30. The molecule has 2 amide bonds. The molecule has 1 fully saturated rings. The van der Waals surface area contributed by atoms with Crippen LogP contribution in [0, 0.1) is 17.8 Å². The Kier molecular flexibility index (Phi) is 8.45. The zero-order valence-corrected chi connectivity index (χ0v) is 22.0. The zero-order chi connectivity index (χ0) is 25.0. The first-order chi connectivity index (χ1) is 16.1. The van der Waals surface area contributed by atoms with Crippen molar-refractivity contribution in [1.82, 2.24) is 15.5 Å². The van der Waals surface area contributed by atoms with E-state index in [9.17, 15) is 9.59 Å². The molecule has 2 heterocycles. The van der Waals surface area contributed by atoms with E-state index >= 15 is 0 Å². The predicted molar refractivity (Wildman–Crippen MR) is 136 cm³/mol. The van der Waals surface area contributed by atoms with Crippen LogP contribution in [0.25, 0.3) is 0 Å². The molecule has 0 spiro atoms.